The second-order valence-corrected chi connectivity index (χ2v) is 5.66. The zero-order valence-electron chi connectivity index (χ0n) is 13.8. The van der Waals surface area contributed by atoms with E-state index in [1.165, 1.54) is 5.56 Å². The van der Waals surface area contributed by atoms with Gasteiger partial charge in [-0.15, -0.1) is 0 Å². The van der Waals surface area contributed by atoms with Crippen molar-refractivity contribution in [3.8, 4) is 11.5 Å². The van der Waals surface area contributed by atoms with Crippen molar-refractivity contribution in [2.24, 2.45) is 0 Å². The van der Waals surface area contributed by atoms with E-state index in [-0.39, 0.29) is 12.5 Å². The maximum absolute atomic E-state index is 11.8. The average molecular weight is 348 g/mol. The molecule has 24 heavy (non-hydrogen) atoms. The number of rotatable bonds is 9. The lowest BCUT2D eigenvalue weighted by Gasteiger charge is -2.09. The molecular formula is C19H22ClNO3. The lowest BCUT2D eigenvalue weighted by atomic mass is 10.1. The third kappa shape index (κ3) is 6.13. The lowest BCUT2D eigenvalue weighted by molar-refractivity contribution is -0.123. The van der Waals surface area contributed by atoms with E-state index in [0.29, 0.717) is 23.9 Å². The van der Waals surface area contributed by atoms with Crippen molar-refractivity contribution in [2.75, 3.05) is 19.8 Å². The van der Waals surface area contributed by atoms with Crippen molar-refractivity contribution in [2.45, 2.75) is 19.8 Å². The molecule has 0 radical (unpaired) electrons. The standard InChI is InChI=1S/C19H22ClNO3/c1-2-23-16-11-9-15(10-12-16)6-5-13-21-19(22)14-24-18-8-4-3-7-17(18)20/h3-4,7-12H,2,5-6,13-14H2,1H3,(H,21,22). The Morgan fingerprint density at radius 1 is 1.08 bits per heavy atom. The number of carbonyl (C=O) groups is 1. The highest BCUT2D eigenvalue weighted by Gasteiger charge is 2.05. The summed E-state index contributed by atoms with van der Waals surface area (Å²) in [7, 11) is 0. The van der Waals surface area contributed by atoms with Crippen LogP contribution in [0.2, 0.25) is 5.02 Å². The normalized spacial score (nSPS) is 10.2. The molecular weight excluding hydrogens is 326 g/mol. The molecule has 4 nitrogen and oxygen atoms in total. The Kier molecular flexibility index (Phi) is 7.43. The fourth-order valence-electron chi connectivity index (χ4n) is 2.20. The van der Waals surface area contributed by atoms with Gasteiger partial charge in [0.25, 0.3) is 5.91 Å². The first-order chi connectivity index (χ1) is 11.7. The third-order valence-corrected chi connectivity index (χ3v) is 3.71. The quantitative estimate of drug-likeness (QED) is 0.700. The Bertz CT molecular complexity index is 643. The molecule has 1 N–H and O–H groups in total. The number of benzene rings is 2. The minimum absolute atomic E-state index is 0.0349. The van der Waals surface area contributed by atoms with Crippen molar-refractivity contribution < 1.29 is 14.3 Å². The SMILES string of the molecule is CCOc1ccc(CCCNC(=O)COc2ccccc2Cl)cc1. The van der Waals surface area contributed by atoms with Gasteiger partial charge in [-0.2, -0.15) is 0 Å². The van der Waals surface area contributed by atoms with Crippen LogP contribution in [0, 0.1) is 0 Å². The van der Waals surface area contributed by atoms with Crippen molar-refractivity contribution in [3.05, 3.63) is 59.1 Å². The second kappa shape index (κ2) is 9.83. The molecule has 1 amide bonds. The zero-order chi connectivity index (χ0) is 17.2. The molecule has 0 saturated heterocycles. The summed E-state index contributed by atoms with van der Waals surface area (Å²) in [6, 6.07) is 15.1. The smallest absolute Gasteiger partial charge is 0.257 e. The third-order valence-electron chi connectivity index (χ3n) is 3.39. The van der Waals surface area contributed by atoms with Gasteiger partial charge in [0.2, 0.25) is 0 Å². The lowest BCUT2D eigenvalue weighted by Crippen LogP contribution is -2.29. The highest BCUT2D eigenvalue weighted by Crippen LogP contribution is 2.22. The van der Waals surface area contributed by atoms with Crippen molar-refractivity contribution in [3.63, 3.8) is 0 Å². The number of para-hydroxylation sites is 1. The van der Waals surface area contributed by atoms with Gasteiger partial charge >= 0.3 is 0 Å². The number of halogens is 1. The first-order valence-corrected chi connectivity index (χ1v) is 8.42. The molecule has 128 valence electrons. The van der Waals surface area contributed by atoms with Gasteiger partial charge in [0, 0.05) is 6.54 Å². The molecule has 2 aromatic rings. The summed E-state index contributed by atoms with van der Waals surface area (Å²) in [4.78, 5) is 11.8. The van der Waals surface area contributed by atoms with Gasteiger partial charge in [0.1, 0.15) is 11.5 Å². The fourth-order valence-corrected chi connectivity index (χ4v) is 2.39. The molecule has 0 aromatic heterocycles. The average Bonchev–Trinajstić information content (AvgIpc) is 2.60. The monoisotopic (exact) mass is 347 g/mol. The molecule has 0 aliphatic heterocycles. The van der Waals surface area contributed by atoms with Crippen LogP contribution in [0.5, 0.6) is 11.5 Å². The predicted molar refractivity (Wildman–Crippen MR) is 95.9 cm³/mol. The van der Waals surface area contributed by atoms with Crippen LogP contribution in [-0.2, 0) is 11.2 Å². The van der Waals surface area contributed by atoms with E-state index >= 15 is 0 Å². The first-order valence-electron chi connectivity index (χ1n) is 8.05. The van der Waals surface area contributed by atoms with E-state index < -0.39 is 0 Å². The molecule has 0 unspecified atom stereocenters. The summed E-state index contributed by atoms with van der Waals surface area (Å²) in [6.07, 6.45) is 1.77. The summed E-state index contributed by atoms with van der Waals surface area (Å²) >= 11 is 5.97. The van der Waals surface area contributed by atoms with Gasteiger partial charge in [0.05, 0.1) is 11.6 Å². The van der Waals surface area contributed by atoms with Crippen molar-refractivity contribution >= 4 is 17.5 Å². The Balaban J connectivity index is 1.63. The molecule has 0 atom stereocenters. The van der Waals surface area contributed by atoms with Crippen LogP contribution >= 0.6 is 11.6 Å². The number of hydrogen-bond acceptors (Lipinski definition) is 3. The van der Waals surface area contributed by atoms with Gasteiger partial charge < -0.3 is 14.8 Å². The van der Waals surface area contributed by atoms with Gasteiger partial charge in [-0.05, 0) is 49.6 Å². The Hall–Kier alpha value is -2.20. The summed E-state index contributed by atoms with van der Waals surface area (Å²) in [5.74, 6) is 1.25. The molecule has 0 saturated carbocycles. The maximum Gasteiger partial charge on any atom is 0.257 e. The summed E-state index contributed by atoms with van der Waals surface area (Å²) in [5.41, 5.74) is 1.22. The number of aryl methyl sites for hydroxylation is 1. The van der Waals surface area contributed by atoms with Crippen LogP contribution in [0.3, 0.4) is 0 Å². The van der Waals surface area contributed by atoms with Crippen LogP contribution in [0.1, 0.15) is 18.9 Å². The molecule has 2 aromatic carbocycles. The van der Waals surface area contributed by atoms with Gasteiger partial charge in [0.15, 0.2) is 6.61 Å². The minimum atomic E-state index is -0.151. The molecule has 0 fully saturated rings. The molecule has 0 bridgehead atoms. The minimum Gasteiger partial charge on any atom is -0.494 e. The van der Waals surface area contributed by atoms with Crippen molar-refractivity contribution in [1.82, 2.24) is 5.32 Å². The summed E-state index contributed by atoms with van der Waals surface area (Å²) < 4.78 is 10.8. The molecule has 2 rings (SSSR count). The zero-order valence-corrected chi connectivity index (χ0v) is 14.5. The largest absolute Gasteiger partial charge is 0.494 e. The van der Waals surface area contributed by atoms with E-state index in [2.05, 4.69) is 5.32 Å². The van der Waals surface area contributed by atoms with Gasteiger partial charge in [-0.25, -0.2) is 0 Å². The topological polar surface area (TPSA) is 47.6 Å². The number of hydrogen-bond donors (Lipinski definition) is 1. The fraction of sp³-hybridized carbons (Fsp3) is 0.316. The predicted octanol–water partition coefficient (Wildman–Crippen LogP) is 3.87. The van der Waals surface area contributed by atoms with Crippen LogP contribution in [0.4, 0.5) is 0 Å². The number of amides is 1. The number of carbonyl (C=O) groups excluding carboxylic acids is 1. The Morgan fingerprint density at radius 3 is 2.54 bits per heavy atom. The molecule has 5 heteroatoms. The van der Waals surface area contributed by atoms with Gasteiger partial charge in [-0.3, -0.25) is 4.79 Å². The first kappa shape index (κ1) is 18.1. The summed E-state index contributed by atoms with van der Waals surface area (Å²) in [5, 5.41) is 3.34. The Morgan fingerprint density at radius 2 is 1.83 bits per heavy atom. The van der Waals surface area contributed by atoms with E-state index in [1.54, 1.807) is 12.1 Å². The second-order valence-electron chi connectivity index (χ2n) is 5.25. The van der Waals surface area contributed by atoms with Gasteiger partial charge in [-0.1, -0.05) is 35.9 Å². The van der Waals surface area contributed by atoms with E-state index in [1.807, 2.05) is 43.3 Å². The maximum atomic E-state index is 11.8. The number of ether oxygens (including phenoxy) is 2. The molecule has 0 spiro atoms. The van der Waals surface area contributed by atoms with Crippen LogP contribution < -0.4 is 14.8 Å². The van der Waals surface area contributed by atoms with Crippen LogP contribution in [-0.4, -0.2) is 25.7 Å². The molecule has 0 heterocycles. The van der Waals surface area contributed by atoms with Crippen LogP contribution in [0.15, 0.2) is 48.5 Å². The highest BCUT2D eigenvalue weighted by atomic mass is 35.5. The van der Waals surface area contributed by atoms with E-state index in [4.69, 9.17) is 21.1 Å². The highest BCUT2D eigenvalue weighted by molar-refractivity contribution is 6.32. The van der Waals surface area contributed by atoms with E-state index in [9.17, 15) is 4.79 Å². The molecule has 0 aliphatic carbocycles. The van der Waals surface area contributed by atoms with E-state index in [0.717, 1.165) is 18.6 Å². The van der Waals surface area contributed by atoms with Crippen molar-refractivity contribution in [1.29, 1.82) is 0 Å². The molecule has 0 aliphatic rings. The Labute approximate surface area is 147 Å². The number of nitrogens with one attached hydrogen (secondary N) is 1. The van der Waals surface area contributed by atoms with Crippen LogP contribution in [0.25, 0.3) is 0 Å². The summed E-state index contributed by atoms with van der Waals surface area (Å²) in [6.45, 7) is 3.21.